The molecular weight excluding hydrogens is 203 g/mol. The Morgan fingerprint density at radius 3 is 2.23 bits per heavy atom. The van der Waals surface area contributed by atoms with Crippen molar-refractivity contribution < 1.29 is 4.39 Å². The minimum Gasteiger partial charge on any atom is -0.207 e. The Hall–Kier alpha value is -0.343. The van der Waals surface area contributed by atoms with Crippen LogP contribution in [0.5, 0.6) is 0 Å². The van der Waals surface area contributed by atoms with Crippen LogP contribution in [0.2, 0.25) is 24.7 Å². The maximum Gasteiger partial charge on any atom is 0.125 e. The number of benzene rings is 1. The van der Waals surface area contributed by atoms with Gasteiger partial charge in [-0.3, -0.25) is 0 Å². The summed E-state index contributed by atoms with van der Waals surface area (Å²) >= 11 is 5.88. The molecule has 1 aromatic carbocycles. The third-order valence-electron chi connectivity index (χ3n) is 2.03. The number of hydrogen-bond donors (Lipinski definition) is 0. The van der Waals surface area contributed by atoms with Crippen LogP contribution in [0.15, 0.2) is 12.1 Å². The third kappa shape index (κ3) is 2.32. The number of halogens is 2. The summed E-state index contributed by atoms with van der Waals surface area (Å²) in [6.45, 7) is 8.09. The first kappa shape index (κ1) is 10.7. The standard InChI is InChI=1S/C10H14ClFSi/c1-7-5-8(11)6-9(10(7)12)13(2,3)4/h5-6H,1-4H3. The first-order valence-corrected chi connectivity index (χ1v) is 8.16. The van der Waals surface area contributed by atoms with Crippen LogP contribution in [0.1, 0.15) is 5.56 Å². The van der Waals surface area contributed by atoms with Crippen molar-refractivity contribution in [2.24, 2.45) is 0 Å². The van der Waals surface area contributed by atoms with Crippen LogP contribution in [0.25, 0.3) is 0 Å². The van der Waals surface area contributed by atoms with Crippen molar-refractivity contribution in [1.29, 1.82) is 0 Å². The molecule has 72 valence electrons. The van der Waals surface area contributed by atoms with Crippen molar-refractivity contribution in [2.75, 3.05) is 0 Å². The van der Waals surface area contributed by atoms with Gasteiger partial charge in [-0.1, -0.05) is 31.2 Å². The first-order valence-electron chi connectivity index (χ1n) is 4.28. The Kier molecular flexibility index (Phi) is 2.83. The molecule has 0 atom stereocenters. The molecule has 0 aliphatic carbocycles. The van der Waals surface area contributed by atoms with E-state index in [4.69, 9.17) is 11.6 Å². The average Bonchev–Trinajstić information content (AvgIpc) is 1.94. The van der Waals surface area contributed by atoms with E-state index in [0.717, 1.165) is 5.19 Å². The largest absolute Gasteiger partial charge is 0.207 e. The van der Waals surface area contributed by atoms with Gasteiger partial charge in [-0.15, -0.1) is 0 Å². The monoisotopic (exact) mass is 216 g/mol. The van der Waals surface area contributed by atoms with Crippen LogP contribution >= 0.6 is 11.6 Å². The molecule has 0 aliphatic heterocycles. The molecule has 1 aromatic rings. The molecule has 3 heteroatoms. The molecule has 0 spiro atoms. The highest BCUT2D eigenvalue weighted by Crippen LogP contribution is 2.16. The van der Waals surface area contributed by atoms with Crippen LogP contribution in [0, 0.1) is 12.7 Å². The lowest BCUT2D eigenvalue weighted by Gasteiger charge is -2.18. The molecule has 0 nitrogen and oxygen atoms in total. The fraction of sp³-hybridized carbons (Fsp3) is 0.400. The summed E-state index contributed by atoms with van der Waals surface area (Å²) < 4.78 is 13.7. The van der Waals surface area contributed by atoms with E-state index in [0.29, 0.717) is 10.6 Å². The Morgan fingerprint density at radius 1 is 1.23 bits per heavy atom. The minimum atomic E-state index is -1.60. The van der Waals surface area contributed by atoms with Gasteiger partial charge in [-0.2, -0.15) is 0 Å². The summed E-state index contributed by atoms with van der Waals surface area (Å²) in [6, 6.07) is 3.43. The third-order valence-corrected chi connectivity index (χ3v) is 4.23. The molecule has 0 fully saturated rings. The van der Waals surface area contributed by atoms with Crippen LogP contribution in [0.3, 0.4) is 0 Å². The van der Waals surface area contributed by atoms with E-state index in [-0.39, 0.29) is 5.82 Å². The average molecular weight is 217 g/mol. The Bertz CT molecular complexity index is 328. The SMILES string of the molecule is Cc1cc(Cl)cc([Si](C)(C)C)c1F. The highest BCUT2D eigenvalue weighted by Gasteiger charge is 2.22. The molecule has 0 unspecified atom stereocenters. The second-order valence-electron chi connectivity index (χ2n) is 4.33. The molecular formula is C10H14ClFSi. The van der Waals surface area contributed by atoms with Gasteiger partial charge in [-0.05, 0) is 29.8 Å². The van der Waals surface area contributed by atoms with Crippen molar-refractivity contribution in [3.05, 3.63) is 28.5 Å². The van der Waals surface area contributed by atoms with Gasteiger partial charge < -0.3 is 0 Å². The van der Waals surface area contributed by atoms with Gasteiger partial charge in [-0.25, -0.2) is 4.39 Å². The highest BCUT2D eigenvalue weighted by atomic mass is 35.5. The van der Waals surface area contributed by atoms with Crippen LogP contribution in [-0.4, -0.2) is 8.07 Å². The number of aryl methyl sites for hydroxylation is 1. The van der Waals surface area contributed by atoms with E-state index in [1.807, 2.05) is 0 Å². The van der Waals surface area contributed by atoms with Gasteiger partial charge in [0.05, 0.1) is 8.07 Å². The molecule has 0 bridgehead atoms. The van der Waals surface area contributed by atoms with Crippen LogP contribution < -0.4 is 5.19 Å². The van der Waals surface area contributed by atoms with Gasteiger partial charge in [0, 0.05) is 5.02 Å². The maximum absolute atomic E-state index is 13.7. The van der Waals surface area contributed by atoms with Crippen molar-refractivity contribution in [2.45, 2.75) is 26.6 Å². The zero-order chi connectivity index (χ0) is 10.2. The summed E-state index contributed by atoms with van der Waals surface area (Å²) in [6.07, 6.45) is 0. The summed E-state index contributed by atoms with van der Waals surface area (Å²) in [5.41, 5.74) is 0.643. The van der Waals surface area contributed by atoms with E-state index in [1.165, 1.54) is 0 Å². The summed E-state index contributed by atoms with van der Waals surface area (Å²) in [5, 5.41) is 1.45. The van der Waals surface area contributed by atoms with E-state index < -0.39 is 8.07 Å². The summed E-state index contributed by atoms with van der Waals surface area (Å²) in [5.74, 6) is -0.0800. The van der Waals surface area contributed by atoms with Gasteiger partial charge >= 0.3 is 0 Å². The molecule has 0 heterocycles. The molecule has 13 heavy (non-hydrogen) atoms. The molecule has 0 aromatic heterocycles. The summed E-state index contributed by atoms with van der Waals surface area (Å²) in [4.78, 5) is 0. The van der Waals surface area contributed by atoms with E-state index in [9.17, 15) is 4.39 Å². The molecule has 0 radical (unpaired) electrons. The quantitative estimate of drug-likeness (QED) is 0.632. The Balaban J connectivity index is 3.37. The van der Waals surface area contributed by atoms with Crippen molar-refractivity contribution in [3.63, 3.8) is 0 Å². The number of hydrogen-bond acceptors (Lipinski definition) is 0. The molecule has 0 N–H and O–H groups in total. The van der Waals surface area contributed by atoms with Crippen molar-refractivity contribution in [1.82, 2.24) is 0 Å². The zero-order valence-electron chi connectivity index (χ0n) is 8.41. The van der Waals surface area contributed by atoms with Crippen molar-refractivity contribution >= 4 is 24.9 Å². The van der Waals surface area contributed by atoms with E-state index in [1.54, 1.807) is 19.1 Å². The second kappa shape index (κ2) is 3.43. The second-order valence-corrected chi connectivity index (χ2v) is 9.81. The summed E-state index contributed by atoms with van der Waals surface area (Å²) in [7, 11) is -1.60. The van der Waals surface area contributed by atoms with Crippen LogP contribution in [-0.2, 0) is 0 Å². The Morgan fingerprint density at radius 2 is 1.77 bits per heavy atom. The normalized spacial score (nSPS) is 11.8. The maximum atomic E-state index is 13.7. The van der Waals surface area contributed by atoms with Crippen molar-refractivity contribution in [3.8, 4) is 0 Å². The predicted molar refractivity (Wildman–Crippen MR) is 59.1 cm³/mol. The molecule has 1 rings (SSSR count). The fourth-order valence-electron chi connectivity index (χ4n) is 1.27. The van der Waals surface area contributed by atoms with E-state index in [2.05, 4.69) is 19.6 Å². The lowest BCUT2D eigenvalue weighted by molar-refractivity contribution is 0.626. The number of rotatable bonds is 1. The highest BCUT2D eigenvalue weighted by molar-refractivity contribution is 6.88. The lowest BCUT2D eigenvalue weighted by Crippen LogP contribution is -2.40. The fourth-order valence-corrected chi connectivity index (χ4v) is 3.08. The smallest absolute Gasteiger partial charge is 0.125 e. The topological polar surface area (TPSA) is 0 Å². The van der Waals surface area contributed by atoms with Gasteiger partial charge in [0.25, 0.3) is 0 Å². The zero-order valence-corrected chi connectivity index (χ0v) is 10.2. The predicted octanol–water partition coefficient (Wildman–Crippen LogP) is 3.33. The van der Waals surface area contributed by atoms with Crippen LogP contribution in [0.4, 0.5) is 4.39 Å². The lowest BCUT2D eigenvalue weighted by atomic mass is 10.2. The Labute approximate surface area is 84.7 Å². The van der Waals surface area contributed by atoms with E-state index >= 15 is 0 Å². The molecule has 0 saturated carbocycles. The van der Waals surface area contributed by atoms with Gasteiger partial charge in [0.15, 0.2) is 0 Å². The molecule has 0 amide bonds. The minimum absolute atomic E-state index is 0.0800. The molecule has 0 saturated heterocycles. The molecule has 0 aliphatic rings. The first-order chi connectivity index (χ1) is 5.82. The van der Waals surface area contributed by atoms with Gasteiger partial charge in [0.1, 0.15) is 5.82 Å². The van der Waals surface area contributed by atoms with Gasteiger partial charge in [0.2, 0.25) is 0 Å².